The van der Waals surface area contributed by atoms with Crippen molar-refractivity contribution in [3.8, 4) is 0 Å². The molecule has 4 heteroatoms. The van der Waals surface area contributed by atoms with E-state index < -0.39 is 6.04 Å². The van der Waals surface area contributed by atoms with Crippen LogP contribution in [0.15, 0.2) is 24.4 Å². The van der Waals surface area contributed by atoms with E-state index in [1.807, 2.05) is 36.9 Å². The van der Waals surface area contributed by atoms with Crippen LogP contribution in [0, 0.1) is 5.92 Å². The topological polar surface area (TPSA) is 59.2 Å². The normalized spacial score (nSPS) is 16.7. The van der Waals surface area contributed by atoms with Crippen LogP contribution in [0.3, 0.4) is 0 Å². The number of hydrogen-bond donors (Lipinski definition) is 1. The summed E-state index contributed by atoms with van der Waals surface area (Å²) in [5.41, 5.74) is 6.89. The Hall–Kier alpha value is -1.42. The summed E-state index contributed by atoms with van der Waals surface area (Å²) < 4.78 is 0. The largest absolute Gasteiger partial charge is 0.332 e. The van der Waals surface area contributed by atoms with Gasteiger partial charge in [0, 0.05) is 12.2 Å². The third kappa shape index (κ3) is 3.07. The molecule has 0 radical (unpaired) electrons. The lowest BCUT2D eigenvalue weighted by molar-refractivity contribution is -0.134. The highest BCUT2D eigenvalue weighted by molar-refractivity contribution is 5.82. The lowest BCUT2D eigenvalue weighted by Crippen LogP contribution is -2.47. The molecular weight excluding hydrogens is 226 g/mol. The second-order valence-corrected chi connectivity index (χ2v) is 5.29. The summed E-state index contributed by atoms with van der Waals surface area (Å²) >= 11 is 0. The molecule has 1 aromatic heterocycles. The van der Waals surface area contributed by atoms with E-state index in [9.17, 15) is 4.79 Å². The number of amides is 1. The quantitative estimate of drug-likeness (QED) is 0.859. The van der Waals surface area contributed by atoms with Crippen molar-refractivity contribution >= 4 is 5.91 Å². The van der Waals surface area contributed by atoms with Gasteiger partial charge >= 0.3 is 0 Å². The van der Waals surface area contributed by atoms with Gasteiger partial charge in [-0.1, -0.05) is 19.9 Å². The Morgan fingerprint density at radius 1 is 1.50 bits per heavy atom. The second-order valence-electron chi connectivity index (χ2n) is 5.29. The summed E-state index contributed by atoms with van der Waals surface area (Å²) in [6.07, 6.45) is 3.93. The minimum absolute atomic E-state index is 0.0538. The van der Waals surface area contributed by atoms with Gasteiger partial charge in [0.15, 0.2) is 0 Å². The first kappa shape index (κ1) is 13.0. The van der Waals surface area contributed by atoms with Crippen molar-refractivity contribution in [3.63, 3.8) is 0 Å². The van der Waals surface area contributed by atoms with E-state index in [1.165, 1.54) is 0 Å². The van der Waals surface area contributed by atoms with E-state index in [-0.39, 0.29) is 11.8 Å². The van der Waals surface area contributed by atoms with E-state index in [4.69, 9.17) is 5.73 Å². The fraction of sp³-hybridized carbons (Fsp3) is 0.571. The first-order valence-corrected chi connectivity index (χ1v) is 6.55. The average Bonchev–Trinajstić information content (AvgIpc) is 3.19. The summed E-state index contributed by atoms with van der Waals surface area (Å²) in [6, 6.07) is 5.73. The molecule has 1 aromatic rings. The number of pyridine rings is 1. The molecule has 2 N–H and O–H groups in total. The van der Waals surface area contributed by atoms with Gasteiger partial charge in [0.05, 0.1) is 18.3 Å². The Balaban J connectivity index is 2.07. The van der Waals surface area contributed by atoms with Gasteiger partial charge in [0.2, 0.25) is 5.91 Å². The van der Waals surface area contributed by atoms with Crippen LogP contribution in [0.1, 0.15) is 32.4 Å². The molecule has 0 saturated heterocycles. The van der Waals surface area contributed by atoms with E-state index in [2.05, 4.69) is 4.98 Å². The molecule has 1 amide bonds. The molecule has 1 aliphatic carbocycles. The van der Waals surface area contributed by atoms with Gasteiger partial charge < -0.3 is 10.6 Å². The maximum Gasteiger partial charge on any atom is 0.240 e. The number of carbonyl (C=O) groups excluding carboxylic acids is 1. The van der Waals surface area contributed by atoms with Gasteiger partial charge in [-0.25, -0.2) is 0 Å². The molecule has 98 valence electrons. The molecule has 0 aromatic carbocycles. The van der Waals surface area contributed by atoms with Crippen molar-refractivity contribution in [2.24, 2.45) is 11.7 Å². The van der Waals surface area contributed by atoms with Crippen molar-refractivity contribution in [1.29, 1.82) is 0 Å². The van der Waals surface area contributed by atoms with Crippen LogP contribution in [-0.2, 0) is 11.3 Å². The first-order chi connectivity index (χ1) is 8.59. The molecule has 0 unspecified atom stereocenters. The van der Waals surface area contributed by atoms with E-state index in [0.29, 0.717) is 12.6 Å². The Labute approximate surface area is 108 Å². The molecule has 1 aliphatic rings. The minimum atomic E-state index is -0.408. The average molecular weight is 247 g/mol. The van der Waals surface area contributed by atoms with Gasteiger partial charge in [-0.15, -0.1) is 0 Å². The molecular formula is C14H21N3O. The number of nitrogens with two attached hydrogens (primary N) is 1. The van der Waals surface area contributed by atoms with Gasteiger partial charge in [0.1, 0.15) is 0 Å². The Kier molecular flexibility index (Phi) is 3.97. The van der Waals surface area contributed by atoms with Crippen LogP contribution < -0.4 is 5.73 Å². The maximum atomic E-state index is 12.3. The predicted molar refractivity (Wildman–Crippen MR) is 70.6 cm³/mol. The van der Waals surface area contributed by atoms with Crippen LogP contribution in [0.2, 0.25) is 0 Å². The Bertz CT molecular complexity index is 401. The van der Waals surface area contributed by atoms with Crippen LogP contribution in [0.5, 0.6) is 0 Å². The van der Waals surface area contributed by atoms with Crippen LogP contribution in [-0.4, -0.2) is 27.9 Å². The molecule has 0 bridgehead atoms. The van der Waals surface area contributed by atoms with Crippen molar-refractivity contribution in [3.05, 3.63) is 30.1 Å². The highest BCUT2D eigenvalue weighted by Gasteiger charge is 2.35. The zero-order chi connectivity index (χ0) is 13.1. The zero-order valence-electron chi connectivity index (χ0n) is 11.0. The molecule has 0 aliphatic heterocycles. The summed E-state index contributed by atoms with van der Waals surface area (Å²) in [5.74, 6) is 0.223. The lowest BCUT2D eigenvalue weighted by Gasteiger charge is -2.27. The maximum absolute atomic E-state index is 12.3. The van der Waals surface area contributed by atoms with Crippen LogP contribution >= 0.6 is 0 Å². The van der Waals surface area contributed by atoms with Gasteiger partial charge in [-0.3, -0.25) is 9.78 Å². The third-order valence-electron chi connectivity index (χ3n) is 3.33. The fourth-order valence-electron chi connectivity index (χ4n) is 1.92. The summed E-state index contributed by atoms with van der Waals surface area (Å²) in [5, 5.41) is 0. The SMILES string of the molecule is CC(C)[C@@H](N)C(=O)N(Cc1ccccn1)C1CC1. The number of rotatable bonds is 5. The van der Waals surface area contributed by atoms with E-state index in [0.717, 1.165) is 18.5 Å². The van der Waals surface area contributed by atoms with E-state index >= 15 is 0 Å². The second kappa shape index (κ2) is 5.48. The predicted octanol–water partition coefficient (Wildman–Crippen LogP) is 1.56. The summed E-state index contributed by atoms with van der Waals surface area (Å²) in [6.45, 7) is 4.54. The monoisotopic (exact) mass is 247 g/mol. The molecule has 0 spiro atoms. The van der Waals surface area contributed by atoms with Crippen molar-refractivity contribution in [2.45, 2.75) is 45.3 Å². The molecule has 1 saturated carbocycles. The van der Waals surface area contributed by atoms with Crippen LogP contribution in [0.4, 0.5) is 0 Å². The molecule has 2 rings (SSSR count). The standard InChI is InChI=1S/C14H21N3O/c1-10(2)13(15)14(18)17(12-6-7-12)9-11-5-3-4-8-16-11/h3-5,8,10,12-13H,6-7,9,15H2,1-2H3/t13-/m1/s1. The first-order valence-electron chi connectivity index (χ1n) is 6.55. The third-order valence-corrected chi connectivity index (χ3v) is 3.33. The van der Waals surface area contributed by atoms with Gasteiger partial charge in [0.25, 0.3) is 0 Å². The zero-order valence-corrected chi connectivity index (χ0v) is 11.0. The minimum Gasteiger partial charge on any atom is -0.332 e. The van der Waals surface area contributed by atoms with Gasteiger partial charge in [-0.05, 0) is 30.9 Å². The number of hydrogen-bond acceptors (Lipinski definition) is 3. The molecule has 1 fully saturated rings. The van der Waals surface area contributed by atoms with Crippen molar-refractivity contribution < 1.29 is 4.79 Å². The molecule has 1 atom stereocenters. The number of aromatic nitrogens is 1. The number of carbonyl (C=O) groups is 1. The van der Waals surface area contributed by atoms with Crippen molar-refractivity contribution in [1.82, 2.24) is 9.88 Å². The molecule has 18 heavy (non-hydrogen) atoms. The summed E-state index contributed by atoms with van der Waals surface area (Å²) in [4.78, 5) is 18.5. The molecule has 1 heterocycles. The highest BCUT2D eigenvalue weighted by atomic mass is 16.2. The van der Waals surface area contributed by atoms with Crippen molar-refractivity contribution in [2.75, 3.05) is 0 Å². The summed E-state index contributed by atoms with van der Waals surface area (Å²) in [7, 11) is 0. The lowest BCUT2D eigenvalue weighted by atomic mass is 10.0. The molecule has 4 nitrogen and oxygen atoms in total. The van der Waals surface area contributed by atoms with E-state index in [1.54, 1.807) is 6.20 Å². The van der Waals surface area contributed by atoms with Crippen LogP contribution in [0.25, 0.3) is 0 Å². The number of nitrogens with zero attached hydrogens (tertiary/aromatic N) is 2. The Morgan fingerprint density at radius 2 is 2.22 bits per heavy atom. The smallest absolute Gasteiger partial charge is 0.240 e. The highest BCUT2D eigenvalue weighted by Crippen LogP contribution is 2.29. The Morgan fingerprint density at radius 3 is 2.72 bits per heavy atom. The van der Waals surface area contributed by atoms with Gasteiger partial charge in [-0.2, -0.15) is 0 Å². The fourth-order valence-corrected chi connectivity index (χ4v) is 1.92.